The summed E-state index contributed by atoms with van der Waals surface area (Å²) in [5.74, 6) is 0. The Morgan fingerprint density at radius 2 is 1.78 bits per heavy atom. The summed E-state index contributed by atoms with van der Waals surface area (Å²) >= 11 is 0. The molecule has 2 atom stereocenters. The summed E-state index contributed by atoms with van der Waals surface area (Å²) in [6.07, 6.45) is 4.53. The van der Waals surface area contributed by atoms with Crippen LogP contribution in [0, 0.1) is 0 Å². The molecule has 2 unspecified atom stereocenters. The molecular weight excluding hydrogens is 226 g/mol. The average Bonchev–Trinajstić information content (AvgIpc) is 2.38. The minimum Gasteiger partial charge on any atom is -0.391 e. The van der Waals surface area contributed by atoms with Crippen molar-refractivity contribution in [2.45, 2.75) is 37.8 Å². The quantitative estimate of drug-likeness (QED) is 0.791. The maximum absolute atomic E-state index is 10.0. The Balaban J connectivity index is 1.69. The highest BCUT2D eigenvalue weighted by atomic mass is 16.3. The molecule has 0 aromatic rings. The Hall–Kier alpha value is -0.160. The minimum absolute atomic E-state index is 0.101. The van der Waals surface area contributed by atoms with E-state index in [0.29, 0.717) is 6.04 Å². The van der Waals surface area contributed by atoms with Gasteiger partial charge in [0.2, 0.25) is 0 Å². The third kappa shape index (κ3) is 3.92. The fourth-order valence-electron chi connectivity index (χ4n) is 3.14. The summed E-state index contributed by atoms with van der Waals surface area (Å²) in [7, 11) is 4.37. The van der Waals surface area contributed by atoms with Gasteiger partial charge in [-0.1, -0.05) is 12.8 Å². The Morgan fingerprint density at radius 3 is 2.44 bits per heavy atom. The van der Waals surface area contributed by atoms with Crippen LogP contribution in [-0.2, 0) is 0 Å². The predicted molar refractivity (Wildman–Crippen MR) is 74.8 cm³/mol. The van der Waals surface area contributed by atoms with Crippen LogP contribution < -0.4 is 0 Å². The van der Waals surface area contributed by atoms with Crippen molar-refractivity contribution in [1.82, 2.24) is 14.7 Å². The van der Waals surface area contributed by atoms with E-state index < -0.39 is 0 Å². The predicted octanol–water partition coefficient (Wildman–Crippen LogP) is 0.469. The Morgan fingerprint density at radius 1 is 1.11 bits per heavy atom. The van der Waals surface area contributed by atoms with Crippen LogP contribution in [0.4, 0.5) is 0 Å². The molecule has 1 aliphatic carbocycles. The lowest BCUT2D eigenvalue weighted by Gasteiger charge is -2.37. The molecule has 106 valence electrons. The maximum atomic E-state index is 10.0. The van der Waals surface area contributed by atoms with Gasteiger partial charge < -0.3 is 10.0 Å². The van der Waals surface area contributed by atoms with Gasteiger partial charge in [-0.15, -0.1) is 0 Å². The standard InChI is InChI=1S/C14H29N3O/c1-15-7-10-17(11-8-15)12-9-16(2)13-5-3-4-6-14(13)18/h13-14,18H,3-12H2,1-2H3. The lowest BCUT2D eigenvalue weighted by atomic mass is 9.91. The van der Waals surface area contributed by atoms with Crippen LogP contribution in [0.5, 0.6) is 0 Å². The fraction of sp³-hybridized carbons (Fsp3) is 1.00. The van der Waals surface area contributed by atoms with E-state index in [2.05, 4.69) is 28.8 Å². The van der Waals surface area contributed by atoms with Crippen LogP contribution in [-0.4, -0.2) is 85.3 Å². The third-order valence-corrected chi connectivity index (χ3v) is 4.62. The number of aliphatic hydroxyl groups is 1. The molecule has 0 aromatic carbocycles. The van der Waals surface area contributed by atoms with Gasteiger partial charge in [-0.05, 0) is 26.9 Å². The molecule has 1 saturated heterocycles. The number of hydrogen-bond acceptors (Lipinski definition) is 4. The molecule has 4 nitrogen and oxygen atoms in total. The van der Waals surface area contributed by atoms with Gasteiger partial charge in [0.05, 0.1) is 6.10 Å². The molecule has 1 aliphatic heterocycles. The summed E-state index contributed by atoms with van der Waals surface area (Å²) in [5, 5.41) is 10.0. The zero-order valence-electron chi connectivity index (χ0n) is 12.0. The van der Waals surface area contributed by atoms with Gasteiger partial charge in [0.1, 0.15) is 0 Å². The molecule has 0 aromatic heterocycles. The van der Waals surface area contributed by atoms with E-state index in [1.165, 1.54) is 45.4 Å². The van der Waals surface area contributed by atoms with E-state index in [-0.39, 0.29) is 6.10 Å². The fourth-order valence-corrected chi connectivity index (χ4v) is 3.14. The molecule has 1 saturated carbocycles. The lowest BCUT2D eigenvalue weighted by molar-refractivity contribution is 0.0259. The highest BCUT2D eigenvalue weighted by Gasteiger charge is 2.26. The number of nitrogens with zero attached hydrogens (tertiary/aromatic N) is 3. The average molecular weight is 255 g/mol. The van der Waals surface area contributed by atoms with Gasteiger partial charge in [-0.25, -0.2) is 0 Å². The number of aliphatic hydroxyl groups excluding tert-OH is 1. The van der Waals surface area contributed by atoms with Crippen molar-refractivity contribution in [3.63, 3.8) is 0 Å². The van der Waals surface area contributed by atoms with E-state index in [1.807, 2.05) is 0 Å². The molecule has 2 aliphatic rings. The second-order valence-corrected chi connectivity index (χ2v) is 6.04. The number of piperazine rings is 1. The van der Waals surface area contributed by atoms with E-state index in [1.54, 1.807) is 0 Å². The van der Waals surface area contributed by atoms with Crippen LogP contribution in [0.2, 0.25) is 0 Å². The monoisotopic (exact) mass is 255 g/mol. The Kier molecular flexibility index (Phi) is 5.42. The van der Waals surface area contributed by atoms with Crippen molar-refractivity contribution >= 4 is 0 Å². The first-order chi connectivity index (χ1) is 8.66. The lowest BCUT2D eigenvalue weighted by Crippen LogP contribution is -2.49. The minimum atomic E-state index is -0.101. The number of hydrogen-bond donors (Lipinski definition) is 1. The van der Waals surface area contributed by atoms with E-state index in [9.17, 15) is 5.11 Å². The first-order valence-corrected chi connectivity index (χ1v) is 7.46. The SMILES string of the molecule is CN1CCN(CCN(C)C2CCCCC2O)CC1. The maximum Gasteiger partial charge on any atom is 0.0695 e. The molecular formula is C14H29N3O. The Bertz CT molecular complexity index is 241. The van der Waals surface area contributed by atoms with Crippen LogP contribution in [0.3, 0.4) is 0 Å². The molecule has 0 radical (unpaired) electrons. The second kappa shape index (κ2) is 6.85. The summed E-state index contributed by atoms with van der Waals surface area (Å²) in [6.45, 7) is 7.00. The van der Waals surface area contributed by atoms with Crippen molar-refractivity contribution in [1.29, 1.82) is 0 Å². The largest absolute Gasteiger partial charge is 0.391 e. The molecule has 4 heteroatoms. The zero-order chi connectivity index (χ0) is 13.0. The van der Waals surface area contributed by atoms with Crippen LogP contribution in [0.1, 0.15) is 25.7 Å². The van der Waals surface area contributed by atoms with Gasteiger partial charge in [-0.2, -0.15) is 0 Å². The Labute approximate surface area is 112 Å². The highest BCUT2D eigenvalue weighted by Crippen LogP contribution is 2.22. The molecule has 0 amide bonds. The highest BCUT2D eigenvalue weighted by molar-refractivity contribution is 4.82. The normalized spacial score (nSPS) is 32.0. The van der Waals surface area contributed by atoms with Crippen molar-refractivity contribution in [2.75, 3.05) is 53.4 Å². The van der Waals surface area contributed by atoms with E-state index in [4.69, 9.17) is 0 Å². The topological polar surface area (TPSA) is 30.0 Å². The zero-order valence-corrected chi connectivity index (χ0v) is 12.0. The van der Waals surface area contributed by atoms with Gasteiger partial charge in [0.15, 0.2) is 0 Å². The van der Waals surface area contributed by atoms with Crippen molar-refractivity contribution in [3.05, 3.63) is 0 Å². The number of likely N-dealkylation sites (N-methyl/N-ethyl adjacent to an activating group) is 2. The third-order valence-electron chi connectivity index (χ3n) is 4.62. The molecule has 1 N–H and O–H groups in total. The van der Waals surface area contributed by atoms with Gasteiger partial charge in [-0.3, -0.25) is 9.80 Å². The van der Waals surface area contributed by atoms with Gasteiger partial charge >= 0.3 is 0 Å². The van der Waals surface area contributed by atoms with Gasteiger partial charge in [0, 0.05) is 45.3 Å². The van der Waals surface area contributed by atoms with E-state index >= 15 is 0 Å². The first kappa shape index (κ1) is 14.3. The van der Waals surface area contributed by atoms with Crippen molar-refractivity contribution in [3.8, 4) is 0 Å². The van der Waals surface area contributed by atoms with Crippen LogP contribution in [0.25, 0.3) is 0 Å². The molecule has 0 bridgehead atoms. The van der Waals surface area contributed by atoms with Gasteiger partial charge in [0.25, 0.3) is 0 Å². The van der Waals surface area contributed by atoms with Crippen LogP contribution in [0.15, 0.2) is 0 Å². The van der Waals surface area contributed by atoms with Crippen LogP contribution >= 0.6 is 0 Å². The van der Waals surface area contributed by atoms with E-state index in [0.717, 1.165) is 19.5 Å². The molecule has 0 spiro atoms. The molecule has 18 heavy (non-hydrogen) atoms. The van der Waals surface area contributed by atoms with Crippen molar-refractivity contribution in [2.24, 2.45) is 0 Å². The van der Waals surface area contributed by atoms with Crippen molar-refractivity contribution < 1.29 is 5.11 Å². The molecule has 2 rings (SSSR count). The summed E-state index contributed by atoms with van der Waals surface area (Å²) in [5.41, 5.74) is 0. The summed E-state index contributed by atoms with van der Waals surface area (Å²) < 4.78 is 0. The second-order valence-electron chi connectivity index (χ2n) is 6.04. The summed E-state index contributed by atoms with van der Waals surface area (Å²) in [4.78, 5) is 7.32. The molecule has 2 fully saturated rings. The smallest absolute Gasteiger partial charge is 0.0695 e. The molecule has 1 heterocycles. The summed E-state index contributed by atoms with van der Waals surface area (Å²) in [6, 6.07) is 0.395. The first-order valence-electron chi connectivity index (χ1n) is 7.46. The number of rotatable bonds is 4.